The Labute approximate surface area is 189 Å². The van der Waals surface area contributed by atoms with E-state index in [0.29, 0.717) is 12.2 Å². The molecule has 178 valence electrons. The van der Waals surface area contributed by atoms with Gasteiger partial charge in [-0.3, -0.25) is 19.2 Å². The van der Waals surface area contributed by atoms with Crippen molar-refractivity contribution < 1.29 is 38.1 Å². The Morgan fingerprint density at radius 3 is 2.25 bits per heavy atom. The largest absolute Gasteiger partial charge is 0.497 e. The zero-order chi connectivity index (χ0) is 24.4. The molecule has 0 aromatic heterocycles. The number of unbranched alkanes of at least 4 members (excludes halogenated alkanes) is 1. The van der Waals surface area contributed by atoms with E-state index in [1.165, 1.54) is 26.4 Å². The summed E-state index contributed by atoms with van der Waals surface area (Å²) in [6, 6.07) is 6.25. The van der Waals surface area contributed by atoms with Gasteiger partial charge in [0.15, 0.2) is 17.0 Å². The monoisotopic (exact) mass is 450 g/mol. The highest BCUT2D eigenvalue weighted by Crippen LogP contribution is 2.35. The molecule has 0 aliphatic rings. The van der Waals surface area contributed by atoms with Crippen LogP contribution in [-0.4, -0.2) is 56.5 Å². The first-order valence-electron chi connectivity index (χ1n) is 10.6. The summed E-state index contributed by atoms with van der Waals surface area (Å²) >= 11 is 0. The average molecular weight is 451 g/mol. The zero-order valence-electron chi connectivity index (χ0n) is 19.8. The van der Waals surface area contributed by atoms with Gasteiger partial charge in [-0.2, -0.15) is 0 Å². The van der Waals surface area contributed by atoms with Gasteiger partial charge in [0, 0.05) is 19.1 Å². The molecule has 1 atom stereocenters. The highest BCUT2D eigenvalue weighted by atomic mass is 16.6. The van der Waals surface area contributed by atoms with Gasteiger partial charge in [0.2, 0.25) is 0 Å². The van der Waals surface area contributed by atoms with E-state index in [4.69, 9.17) is 18.9 Å². The van der Waals surface area contributed by atoms with Crippen molar-refractivity contribution in [2.75, 3.05) is 27.4 Å². The number of ether oxygens (including phenoxy) is 4. The topological polar surface area (TPSA) is 105 Å². The second kappa shape index (κ2) is 12.3. The molecule has 0 N–H and O–H groups in total. The molecule has 0 radical (unpaired) electrons. The summed E-state index contributed by atoms with van der Waals surface area (Å²) in [5.41, 5.74) is -2.88. The van der Waals surface area contributed by atoms with E-state index in [1.807, 2.05) is 0 Å². The lowest BCUT2D eigenvalue weighted by Crippen LogP contribution is -2.50. The predicted octanol–water partition coefficient (Wildman–Crippen LogP) is 3.55. The minimum absolute atomic E-state index is 0.115. The number of hydrogen-bond donors (Lipinski definition) is 0. The zero-order valence-corrected chi connectivity index (χ0v) is 19.8. The maximum Gasteiger partial charge on any atom is 0.328 e. The third-order valence-corrected chi connectivity index (χ3v) is 4.71. The van der Waals surface area contributed by atoms with Crippen LogP contribution in [0.1, 0.15) is 63.7 Å². The number of Topliss-reactive ketones (excluding diaryl/α,β-unsaturated/α-hetero) is 2. The number of rotatable bonds is 13. The maximum atomic E-state index is 13.7. The van der Waals surface area contributed by atoms with Crippen molar-refractivity contribution in [2.45, 2.75) is 59.0 Å². The number of ketones is 2. The van der Waals surface area contributed by atoms with E-state index in [-0.39, 0.29) is 37.4 Å². The van der Waals surface area contributed by atoms with Crippen molar-refractivity contribution in [1.29, 1.82) is 0 Å². The van der Waals surface area contributed by atoms with Gasteiger partial charge in [0.1, 0.15) is 18.0 Å². The van der Waals surface area contributed by atoms with E-state index in [2.05, 4.69) is 0 Å². The standard InChI is InChI=1S/C24H34O8/c1-7-31-20(26)13-8-9-14-24(19(25)16-29-5,22(28)32-23(2,3)4)21(27)17-11-10-12-18(15-17)30-6/h10-12,15H,7-9,13-14,16H2,1-6H3. The molecule has 0 saturated heterocycles. The number of carbonyl (C=O) groups excluding carboxylic acids is 4. The molecule has 0 aliphatic carbocycles. The molecule has 0 bridgehead atoms. The van der Waals surface area contributed by atoms with Gasteiger partial charge in [-0.05, 0) is 52.7 Å². The van der Waals surface area contributed by atoms with Crippen LogP contribution in [0.2, 0.25) is 0 Å². The minimum Gasteiger partial charge on any atom is -0.497 e. The molecule has 1 unspecified atom stereocenters. The van der Waals surface area contributed by atoms with E-state index >= 15 is 0 Å². The normalized spacial score (nSPS) is 13.1. The summed E-state index contributed by atoms with van der Waals surface area (Å²) in [5.74, 6) is -2.29. The molecule has 8 nitrogen and oxygen atoms in total. The second-order valence-corrected chi connectivity index (χ2v) is 8.34. The van der Waals surface area contributed by atoms with Crippen molar-refractivity contribution in [3.63, 3.8) is 0 Å². The van der Waals surface area contributed by atoms with Crippen LogP contribution in [-0.2, 0) is 28.6 Å². The summed E-state index contributed by atoms with van der Waals surface area (Å²) < 4.78 is 20.6. The number of esters is 2. The van der Waals surface area contributed by atoms with E-state index in [0.717, 1.165) is 0 Å². The molecule has 8 heteroatoms. The Morgan fingerprint density at radius 2 is 1.69 bits per heavy atom. The predicted molar refractivity (Wildman–Crippen MR) is 118 cm³/mol. The first-order chi connectivity index (χ1) is 15.0. The number of benzene rings is 1. The molecular formula is C24H34O8. The van der Waals surface area contributed by atoms with Crippen LogP contribution in [0.5, 0.6) is 5.75 Å². The fourth-order valence-corrected chi connectivity index (χ4v) is 3.21. The van der Waals surface area contributed by atoms with Crippen molar-refractivity contribution in [3.05, 3.63) is 29.8 Å². The summed E-state index contributed by atoms with van der Waals surface area (Å²) in [6.45, 7) is 6.52. The molecule has 0 aliphatic heterocycles. The summed E-state index contributed by atoms with van der Waals surface area (Å²) in [5, 5.41) is 0. The van der Waals surface area contributed by atoms with Gasteiger partial charge in [-0.25, -0.2) is 0 Å². The third kappa shape index (κ3) is 7.44. The van der Waals surface area contributed by atoms with Crippen LogP contribution >= 0.6 is 0 Å². The second-order valence-electron chi connectivity index (χ2n) is 8.34. The molecule has 0 heterocycles. The highest BCUT2D eigenvalue weighted by molar-refractivity contribution is 6.27. The van der Waals surface area contributed by atoms with Crippen molar-refractivity contribution >= 4 is 23.5 Å². The third-order valence-electron chi connectivity index (χ3n) is 4.71. The van der Waals surface area contributed by atoms with Gasteiger partial charge in [0.05, 0.1) is 13.7 Å². The Morgan fingerprint density at radius 1 is 1.00 bits per heavy atom. The van der Waals surface area contributed by atoms with Crippen LogP contribution in [0.15, 0.2) is 24.3 Å². The number of carbonyl (C=O) groups is 4. The molecule has 0 fully saturated rings. The lowest BCUT2D eigenvalue weighted by atomic mass is 9.72. The van der Waals surface area contributed by atoms with Crippen molar-refractivity contribution in [1.82, 2.24) is 0 Å². The molecular weight excluding hydrogens is 416 g/mol. The quantitative estimate of drug-likeness (QED) is 0.194. The fourth-order valence-electron chi connectivity index (χ4n) is 3.21. The van der Waals surface area contributed by atoms with Gasteiger partial charge >= 0.3 is 11.9 Å². The molecule has 0 amide bonds. The summed E-state index contributed by atoms with van der Waals surface area (Å²) in [4.78, 5) is 51.9. The number of hydrogen-bond acceptors (Lipinski definition) is 8. The molecule has 0 spiro atoms. The Bertz CT molecular complexity index is 808. The van der Waals surface area contributed by atoms with Gasteiger partial charge in [-0.15, -0.1) is 0 Å². The smallest absolute Gasteiger partial charge is 0.328 e. The van der Waals surface area contributed by atoms with E-state index in [1.54, 1.807) is 39.8 Å². The van der Waals surface area contributed by atoms with Crippen LogP contribution < -0.4 is 4.74 Å². The molecule has 1 aromatic rings. The van der Waals surface area contributed by atoms with E-state index < -0.39 is 35.2 Å². The van der Waals surface area contributed by atoms with Crippen molar-refractivity contribution in [2.24, 2.45) is 5.41 Å². The SMILES string of the molecule is CCOC(=O)CCCCC(C(=O)COC)(C(=O)OC(C)(C)C)C(=O)c1cccc(OC)c1. The molecule has 0 saturated carbocycles. The van der Waals surface area contributed by atoms with Gasteiger partial charge in [0.25, 0.3) is 0 Å². The van der Waals surface area contributed by atoms with Crippen LogP contribution in [0.4, 0.5) is 0 Å². The van der Waals surface area contributed by atoms with E-state index in [9.17, 15) is 19.2 Å². The summed E-state index contributed by atoms with van der Waals surface area (Å²) in [7, 11) is 2.77. The highest BCUT2D eigenvalue weighted by Gasteiger charge is 2.54. The van der Waals surface area contributed by atoms with Crippen molar-refractivity contribution in [3.8, 4) is 5.75 Å². The molecule has 1 aromatic carbocycles. The van der Waals surface area contributed by atoms with Gasteiger partial charge < -0.3 is 18.9 Å². The minimum atomic E-state index is -2.11. The Kier molecular flexibility index (Phi) is 10.5. The maximum absolute atomic E-state index is 13.7. The lowest BCUT2D eigenvalue weighted by molar-refractivity contribution is -0.168. The van der Waals surface area contributed by atoms with Gasteiger partial charge in [-0.1, -0.05) is 18.6 Å². The lowest BCUT2D eigenvalue weighted by Gasteiger charge is -2.32. The Hall–Kier alpha value is -2.74. The average Bonchev–Trinajstić information content (AvgIpc) is 2.72. The van der Waals surface area contributed by atoms with Crippen LogP contribution in [0, 0.1) is 5.41 Å². The first-order valence-corrected chi connectivity index (χ1v) is 10.6. The molecule has 1 rings (SSSR count). The fraction of sp³-hybridized carbons (Fsp3) is 0.583. The molecule has 32 heavy (non-hydrogen) atoms. The van der Waals surface area contributed by atoms with Crippen LogP contribution in [0.25, 0.3) is 0 Å². The number of methoxy groups -OCH3 is 2. The Balaban J connectivity index is 3.39. The first kappa shape index (κ1) is 27.3. The summed E-state index contributed by atoms with van der Waals surface area (Å²) in [6.07, 6.45) is 0.585. The van der Waals surface area contributed by atoms with Crippen LogP contribution in [0.3, 0.4) is 0 Å².